The summed E-state index contributed by atoms with van der Waals surface area (Å²) in [6.45, 7) is 0.550. The summed E-state index contributed by atoms with van der Waals surface area (Å²) in [4.78, 5) is 54.0. The zero-order valence-electron chi connectivity index (χ0n) is 24.0. The van der Waals surface area contributed by atoms with Crippen LogP contribution in [0.5, 0.6) is 0 Å². The minimum absolute atomic E-state index is 0.00427. The molecule has 2 heterocycles. The quantitative estimate of drug-likeness (QED) is 0.327. The van der Waals surface area contributed by atoms with Gasteiger partial charge in [0.25, 0.3) is 0 Å². The molecule has 42 heavy (non-hydrogen) atoms. The molecule has 0 spiro atoms. The summed E-state index contributed by atoms with van der Waals surface area (Å²) in [6, 6.07) is 16.7. The van der Waals surface area contributed by atoms with E-state index in [0.29, 0.717) is 31.3 Å². The van der Waals surface area contributed by atoms with E-state index in [2.05, 4.69) is 16.0 Å². The first-order chi connectivity index (χ1) is 20.4. The normalized spacial score (nSPS) is 24.8. The highest BCUT2D eigenvalue weighted by atomic mass is 16.4. The summed E-state index contributed by atoms with van der Waals surface area (Å²) < 4.78 is 0. The number of fused-ring (bicyclic) bond motifs is 1. The van der Waals surface area contributed by atoms with Crippen LogP contribution in [0.2, 0.25) is 0 Å². The monoisotopic (exact) mass is 574 g/mol. The number of amides is 3. The summed E-state index contributed by atoms with van der Waals surface area (Å²) in [5, 5.41) is 19.0. The molecule has 9 nitrogen and oxygen atoms in total. The van der Waals surface area contributed by atoms with Crippen molar-refractivity contribution in [3.05, 3.63) is 71.8 Å². The first-order valence-electron chi connectivity index (χ1n) is 15.3. The van der Waals surface area contributed by atoms with E-state index in [-0.39, 0.29) is 30.7 Å². The van der Waals surface area contributed by atoms with Crippen molar-refractivity contribution < 1.29 is 24.3 Å². The van der Waals surface area contributed by atoms with Crippen molar-refractivity contribution in [2.45, 2.75) is 94.4 Å². The largest absolute Gasteiger partial charge is 0.480 e. The number of benzene rings is 2. The molecule has 2 saturated heterocycles. The van der Waals surface area contributed by atoms with E-state index in [0.717, 1.165) is 36.8 Å². The summed E-state index contributed by atoms with van der Waals surface area (Å²) in [7, 11) is 0. The second kappa shape index (κ2) is 14.0. The third-order valence-corrected chi connectivity index (χ3v) is 9.02. The van der Waals surface area contributed by atoms with Crippen LogP contribution in [0.3, 0.4) is 0 Å². The summed E-state index contributed by atoms with van der Waals surface area (Å²) in [5.41, 5.74) is 1.76. The Morgan fingerprint density at radius 1 is 0.857 bits per heavy atom. The molecule has 1 saturated carbocycles. The molecule has 5 rings (SSSR count). The maximum absolute atomic E-state index is 13.6. The Morgan fingerprint density at radius 3 is 2.19 bits per heavy atom. The number of rotatable bonds is 11. The van der Waals surface area contributed by atoms with E-state index in [4.69, 9.17) is 0 Å². The second-order valence-electron chi connectivity index (χ2n) is 12.0. The predicted molar refractivity (Wildman–Crippen MR) is 158 cm³/mol. The Labute approximate surface area is 247 Å². The molecule has 224 valence electrons. The number of carbonyl (C=O) groups is 4. The smallest absolute Gasteiger partial charge is 0.326 e. The molecule has 3 aliphatic rings. The molecule has 1 aliphatic carbocycles. The van der Waals surface area contributed by atoms with Crippen molar-refractivity contribution in [3.63, 3.8) is 0 Å². The van der Waals surface area contributed by atoms with Crippen molar-refractivity contribution >= 4 is 23.7 Å². The number of carboxylic acids is 1. The number of carboxylic acid groups (broad SMARTS) is 1. The third-order valence-electron chi connectivity index (χ3n) is 9.02. The Hall–Kier alpha value is -3.72. The van der Waals surface area contributed by atoms with Gasteiger partial charge < -0.3 is 26.0 Å². The standard InChI is InChI=1S/C33H42N4O5/c38-30(36-28(33(41)42)19-23-12-5-2-6-13-23)21-25(18-22-10-3-1-4-11-22)34-31(39)29-16-9-17-37(29)32(40)27-20-24-14-7-8-15-26(24)35-27/h1-6,10-13,24-29,35H,7-9,14-21H2,(H,34,39)(H,36,38)(H,41,42)/t24-,25-,26-,27-,28-,29-/m0/s1. The highest BCUT2D eigenvalue weighted by Gasteiger charge is 2.43. The van der Waals surface area contributed by atoms with E-state index < -0.39 is 30.0 Å². The number of nitrogens with one attached hydrogen (secondary N) is 3. The fourth-order valence-electron chi connectivity index (χ4n) is 6.91. The van der Waals surface area contributed by atoms with Gasteiger partial charge in [-0.25, -0.2) is 4.79 Å². The first kappa shape index (κ1) is 29.8. The van der Waals surface area contributed by atoms with Crippen LogP contribution in [0.15, 0.2) is 60.7 Å². The lowest BCUT2D eigenvalue weighted by Crippen LogP contribution is -2.54. The lowest BCUT2D eigenvalue weighted by atomic mass is 9.85. The van der Waals surface area contributed by atoms with Gasteiger partial charge in [-0.3, -0.25) is 14.4 Å². The molecular formula is C33H42N4O5. The fraction of sp³-hybridized carbons (Fsp3) is 0.515. The van der Waals surface area contributed by atoms with Crippen LogP contribution in [0.1, 0.15) is 62.5 Å². The Balaban J connectivity index is 1.23. The molecule has 4 N–H and O–H groups in total. The van der Waals surface area contributed by atoms with Crippen LogP contribution in [0.25, 0.3) is 0 Å². The molecular weight excluding hydrogens is 532 g/mol. The van der Waals surface area contributed by atoms with Crippen LogP contribution >= 0.6 is 0 Å². The van der Waals surface area contributed by atoms with E-state index in [1.165, 1.54) is 12.8 Å². The summed E-state index contributed by atoms with van der Waals surface area (Å²) >= 11 is 0. The zero-order valence-corrected chi connectivity index (χ0v) is 24.0. The third kappa shape index (κ3) is 7.56. The number of hydrogen-bond donors (Lipinski definition) is 4. The van der Waals surface area contributed by atoms with Gasteiger partial charge in [0.15, 0.2) is 0 Å². The molecule has 0 radical (unpaired) electrons. The van der Waals surface area contributed by atoms with Crippen molar-refractivity contribution in [2.24, 2.45) is 5.92 Å². The molecule has 9 heteroatoms. The summed E-state index contributed by atoms with van der Waals surface area (Å²) in [5.74, 6) is -1.28. The first-order valence-corrected chi connectivity index (χ1v) is 15.3. The van der Waals surface area contributed by atoms with Crippen LogP contribution in [-0.4, -0.2) is 70.5 Å². The van der Waals surface area contributed by atoms with Gasteiger partial charge in [0.2, 0.25) is 17.7 Å². The second-order valence-corrected chi connectivity index (χ2v) is 12.0. The van der Waals surface area contributed by atoms with E-state index in [1.54, 1.807) is 4.90 Å². The Bertz CT molecular complexity index is 1230. The van der Waals surface area contributed by atoms with Gasteiger partial charge in [0.1, 0.15) is 12.1 Å². The van der Waals surface area contributed by atoms with E-state index in [1.807, 2.05) is 60.7 Å². The Kier molecular flexibility index (Phi) is 9.89. The van der Waals surface area contributed by atoms with E-state index >= 15 is 0 Å². The maximum Gasteiger partial charge on any atom is 0.326 e. The van der Waals surface area contributed by atoms with Crippen LogP contribution in [-0.2, 0) is 32.0 Å². The maximum atomic E-state index is 13.6. The van der Waals surface area contributed by atoms with Crippen LogP contribution < -0.4 is 16.0 Å². The number of carbonyl (C=O) groups excluding carboxylic acids is 3. The fourth-order valence-corrected chi connectivity index (χ4v) is 6.91. The minimum Gasteiger partial charge on any atom is -0.480 e. The Morgan fingerprint density at radius 2 is 1.52 bits per heavy atom. The molecule has 2 aliphatic heterocycles. The lowest BCUT2D eigenvalue weighted by molar-refractivity contribution is -0.142. The number of hydrogen-bond acceptors (Lipinski definition) is 5. The highest BCUT2D eigenvalue weighted by Crippen LogP contribution is 2.34. The molecule has 3 amide bonds. The van der Waals surface area contributed by atoms with Crippen LogP contribution in [0.4, 0.5) is 0 Å². The average Bonchev–Trinajstić information content (AvgIpc) is 3.65. The van der Waals surface area contributed by atoms with Crippen molar-refractivity contribution in [1.29, 1.82) is 0 Å². The zero-order chi connectivity index (χ0) is 29.5. The van der Waals surface area contributed by atoms with Crippen molar-refractivity contribution in [2.75, 3.05) is 6.54 Å². The summed E-state index contributed by atoms with van der Waals surface area (Å²) in [6.07, 6.45) is 7.34. The van der Waals surface area contributed by atoms with Gasteiger partial charge in [-0.1, -0.05) is 73.5 Å². The van der Waals surface area contributed by atoms with Gasteiger partial charge in [-0.2, -0.15) is 0 Å². The number of likely N-dealkylation sites (tertiary alicyclic amines) is 1. The SMILES string of the molecule is O=C(C[C@H](Cc1ccccc1)NC(=O)[C@@H]1CCCN1C(=O)[C@@H]1C[C@@H]2CCCC[C@@H]2N1)N[C@@H](Cc1ccccc1)C(=O)O. The lowest BCUT2D eigenvalue weighted by Gasteiger charge is -2.29. The number of nitrogens with zero attached hydrogens (tertiary/aromatic N) is 1. The topological polar surface area (TPSA) is 128 Å². The van der Waals surface area contributed by atoms with Gasteiger partial charge in [0.05, 0.1) is 6.04 Å². The molecule has 0 aromatic heterocycles. The molecule has 6 atom stereocenters. The predicted octanol–water partition coefficient (Wildman–Crippen LogP) is 2.83. The molecule has 3 fully saturated rings. The number of aliphatic carboxylic acids is 1. The van der Waals surface area contributed by atoms with Gasteiger partial charge in [0, 0.05) is 31.5 Å². The minimum atomic E-state index is -1.11. The van der Waals surface area contributed by atoms with Crippen molar-refractivity contribution in [3.8, 4) is 0 Å². The van der Waals surface area contributed by atoms with Crippen LogP contribution in [0, 0.1) is 5.92 Å². The average molecular weight is 575 g/mol. The molecule has 0 bridgehead atoms. The van der Waals surface area contributed by atoms with Gasteiger partial charge >= 0.3 is 5.97 Å². The molecule has 0 unspecified atom stereocenters. The van der Waals surface area contributed by atoms with Crippen molar-refractivity contribution in [1.82, 2.24) is 20.9 Å². The molecule has 2 aromatic carbocycles. The highest BCUT2D eigenvalue weighted by molar-refractivity contribution is 5.91. The molecule has 2 aromatic rings. The van der Waals surface area contributed by atoms with Gasteiger partial charge in [-0.15, -0.1) is 0 Å². The van der Waals surface area contributed by atoms with E-state index in [9.17, 15) is 24.3 Å². The van der Waals surface area contributed by atoms with Gasteiger partial charge in [-0.05, 0) is 55.6 Å².